The van der Waals surface area contributed by atoms with E-state index in [0.29, 0.717) is 0 Å². The molecule has 4 heteroatoms. The van der Waals surface area contributed by atoms with Crippen LogP contribution >= 0.6 is 0 Å². The molecule has 0 spiro atoms. The van der Waals surface area contributed by atoms with Gasteiger partial charge in [0.15, 0.2) is 0 Å². The molecule has 17 heavy (non-hydrogen) atoms. The third kappa shape index (κ3) is 2.80. The molecule has 1 N–H and O–H groups in total. The van der Waals surface area contributed by atoms with E-state index in [1.165, 1.54) is 0 Å². The van der Waals surface area contributed by atoms with E-state index in [4.69, 9.17) is 4.74 Å². The first-order valence-corrected chi connectivity index (χ1v) is 6.67. The van der Waals surface area contributed by atoms with Crippen molar-refractivity contribution in [2.75, 3.05) is 19.7 Å². The predicted octanol–water partition coefficient (Wildman–Crippen LogP) is 1.15. The largest absolute Gasteiger partial charge is 0.376 e. The minimum atomic E-state index is -0.0711. The first-order valence-electron chi connectivity index (χ1n) is 6.67. The average Bonchev–Trinajstić information content (AvgIpc) is 2.73. The number of hydrogen-bond acceptors (Lipinski definition) is 3. The lowest BCUT2D eigenvalue weighted by Gasteiger charge is -2.39. The van der Waals surface area contributed by atoms with E-state index in [1.54, 1.807) is 0 Å². The Morgan fingerprint density at radius 3 is 2.94 bits per heavy atom. The van der Waals surface area contributed by atoms with Crippen molar-refractivity contribution in [2.24, 2.45) is 0 Å². The van der Waals surface area contributed by atoms with Crippen molar-refractivity contribution in [3.63, 3.8) is 0 Å². The van der Waals surface area contributed by atoms with E-state index in [9.17, 15) is 4.79 Å². The molecule has 2 saturated heterocycles. The lowest BCUT2D eigenvalue weighted by Crippen LogP contribution is -2.52. The Labute approximate surface area is 104 Å². The minimum absolute atomic E-state index is 0.0687. The molecular weight excluding hydrogens is 216 g/mol. The minimum Gasteiger partial charge on any atom is -0.376 e. The number of nitrogens with one attached hydrogen (secondary N) is 1. The summed E-state index contributed by atoms with van der Waals surface area (Å²) in [4.78, 5) is 14.4. The molecule has 0 aliphatic carbocycles. The summed E-state index contributed by atoms with van der Waals surface area (Å²) < 4.78 is 5.66. The van der Waals surface area contributed by atoms with Crippen molar-refractivity contribution < 1.29 is 9.53 Å². The molecular formula is C13H24N2O2. The molecule has 0 bridgehead atoms. The fraction of sp³-hybridized carbons (Fsp3) is 0.923. The third-order valence-electron chi connectivity index (χ3n) is 3.96. The topological polar surface area (TPSA) is 41.6 Å². The average molecular weight is 240 g/mol. The van der Waals surface area contributed by atoms with Crippen LogP contribution in [0.4, 0.5) is 0 Å². The van der Waals surface area contributed by atoms with Crippen molar-refractivity contribution in [1.29, 1.82) is 0 Å². The SMILES string of the molecule is CC1NCCC(C)(C)N(CC2CCCO2)C1=O. The van der Waals surface area contributed by atoms with Crippen LogP contribution in [0.3, 0.4) is 0 Å². The summed E-state index contributed by atoms with van der Waals surface area (Å²) in [6.07, 6.45) is 3.45. The Balaban J connectivity index is 2.09. The monoisotopic (exact) mass is 240 g/mol. The zero-order valence-electron chi connectivity index (χ0n) is 11.2. The number of rotatable bonds is 2. The number of ether oxygens (including phenoxy) is 1. The van der Waals surface area contributed by atoms with Crippen LogP contribution in [0.25, 0.3) is 0 Å². The van der Waals surface area contributed by atoms with Gasteiger partial charge in [-0.15, -0.1) is 0 Å². The van der Waals surface area contributed by atoms with Gasteiger partial charge in [-0.25, -0.2) is 0 Å². The first kappa shape index (κ1) is 12.8. The maximum absolute atomic E-state index is 12.4. The molecule has 0 aromatic heterocycles. The molecule has 2 heterocycles. The van der Waals surface area contributed by atoms with Gasteiger partial charge in [-0.1, -0.05) is 0 Å². The van der Waals surface area contributed by atoms with E-state index in [0.717, 1.165) is 39.0 Å². The Kier molecular flexibility index (Phi) is 3.73. The lowest BCUT2D eigenvalue weighted by molar-refractivity contribution is -0.139. The fourth-order valence-corrected chi connectivity index (χ4v) is 2.68. The van der Waals surface area contributed by atoms with Gasteiger partial charge in [0.05, 0.1) is 12.1 Å². The highest BCUT2D eigenvalue weighted by Crippen LogP contribution is 2.25. The zero-order valence-corrected chi connectivity index (χ0v) is 11.2. The van der Waals surface area contributed by atoms with Crippen molar-refractivity contribution in [3.05, 3.63) is 0 Å². The van der Waals surface area contributed by atoms with Crippen LogP contribution in [0.1, 0.15) is 40.0 Å². The number of nitrogens with zero attached hydrogens (tertiary/aromatic N) is 1. The Hall–Kier alpha value is -0.610. The van der Waals surface area contributed by atoms with E-state index in [1.807, 2.05) is 11.8 Å². The number of hydrogen-bond donors (Lipinski definition) is 1. The zero-order chi connectivity index (χ0) is 12.5. The summed E-state index contributed by atoms with van der Waals surface area (Å²) in [7, 11) is 0. The fourth-order valence-electron chi connectivity index (χ4n) is 2.68. The van der Waals surface area contributed by atoms with Crippen LogP contribution in [-0.2, 0) is 9.53 Å². The summed E-state index contributed by atoms with van der Waals surface area (Å²) in [5, 5.41) is 3.27. The maximum atomic E-state index is 12.4. The first-order chi connectivity index (χ1) is 8.00. The summed E-state index contributed by atoms with van der Waals surface area (Å²) in [5.74, 6) is 0.211. The standard InChI is InChI=1S/C13H24N2O2/c1-10-12(16)15(9-11-5-4-8-17-11)13(2,3)6-7-14-10/h10-11,14H,4-9H2,1-3H3. The van der Waals surface area contributed by atoms with E-state index in [2.05, 4.69) is 19.2 Å². The van der Waals surface area contributed by atoms with Crippen LogP contribution in [0.2, 0.25) is 0 Å². The molecule has 0 saturated carbocycles. The van der Waals surface area contributed by atoms with Crippen molar-refractivity contribution in [1.82, 2.24) is 10.2 Å². The van der Waals surface area contributed by atoms with Gasteiger partial charge >= 0.3 is 0 Å². The summed E-state index contributed by atoms with van der Waals surface area (Å²) in [5.41, 5.74) is -0.0687. The maximum Gasteiger partial charge on any atom is 0.239 e. The highest BCUT2D eigenvalue weighted by molar-refractivity contribution is 5.82. The molecule has 2 fully saturated rings. The molecule has 2 aliphatic heterocycles. The lowest BCUT2D eigenvalue weighted by atomic mass is 9.97. The van der Waals surface area contributed by atoms with E-state index < -0.39 is 0 Å². The van der Waals surface area contributed by atoms with Crippen LogP contribution in [-0.4, -0.2) is 48.2 Å². The van der Waals surface area contributed by atoms with Gasteiger partial charge in [0.2, 0.25) is 5.91 Å². The number of carbonyl (C=O) groups is 1. The van der Waals surface area contributed by atoms with Crippen molar-refractivity contribution in [2.45, 2.75) is 57.7 Å². The molecule has 4 nitrogen and oxygen atoms in total. The predicted molar refractivity (Wildman–Crippen MR) is 66.8 cm³/mol. The van der Waals surface area contributed by atoms with Crippen molar-refractivity contribution in [3.8, 4) is 0 Å². The molecule has 0 aromatic rings. The molecule has 2 unspecified atom stereocenters. The number of carbonyl (C=O) groups excluding carboxylic acids is 1. The summed E-state index contributed by atoms with van der Waals surface area (Å²) in [6.45, 7) is 8.76. The van der Waals surface area contributed by atoms with Gasteiger partial charge in [0, 0.05) is 18.7 Å². The van der Waals surface area contributed by atoms with Gasteiger partial charge in [-0.05, 0) is 46.6 Å². The number of amides is 1. The third-order valence-corrected chi connectivity index (χ3v) is 3.96. The smallest absolute Gasteiger partial charge is 0.239 e. The van der Waals surface area contributed by atoms with Crippen molar-refractivity contribution >= 4 is 5.91 Å². The Bertz CT molecular complexity index is 285. The van der Waals surface area contributed by atoms with Gasteiger partial charge in [0.1, 0.15) is 0 Å². The van der Waals surface area contributed by atoms with E-state index in [-0.39, 0.29) is 23.6 Å². The van der Waals surface area contributed by atoms with Crippen LogP contribution in [0.5, 0.6) is 0 Å². The Morgan fingerprint density at radius 1 is 1.53 bits per heavy atom. The molecule has 0 aromatic carbocycles. The quantitative estimate of drug-likeness (QED) is 0.787. The molecule has 0 radical (unpaired) electrons. The van der Waals surface area contributed by atoms with Crippen LogP contribution < -0.4 is 5.32 Å². The van der Waals surface area contributed by atoms with Gasteiger partial charge < -0.3 is 15.0 Å². The van der Waals surface area contributed by atoms with Gasteiger partial charge in [-0.3, -0.25) is 4.79 Å². The highest BCUT2D eigenvalue weighted by Gasteiger charge is 2.37. The second-order valence-corrected chi connectivity index (χ2v) is 5.82. The van der Waals surface area contributed by atoms with Crippen LogP contribution in [0, 0.1) is 0 Å². The highest BCUT2D eigenvalue weighted by atomic mass is 16.5. The molecule has 2 atom stereocenters. The molecule has 98 valence electrons. The second kappa shape index (κ2) is 4.94. The normalized spacial score (nSPS) is 33.8. The molecule has 2 aliphatic rings. The summed E-state index contributed by atoms with van der Waals surface area (Å²) >= 11 is 0. The second-order valence-electron chi connectivity index (χ2n) is 5.82. The van der Waals surface area contributed by atoms with E-state index >= 15 is 0 Å². The molecule has 1 amide bonds. The van der Waals surface area contributed by atoms with Crippen LogP contribution in [0.15, 0.2) is 0 Å². The summed E-state index contributed by atoms with van der Waals surface area (Å²) in [6, 6.07) is -0.0711. The van der Waals surface area contributed by atoms with Gasteiger partial charge in [0.25, 0.3) is 0 Å². The molecule has 2 rings (SSSR count). The van der Waals surface area contributed by atoms with Gasteiger partial charge in [-0.2, -0.15) is 0 Å². The Morgan fingerprint density at radius 2 is 2.29 bits per heavy atom.